The number of methoxy groups -OCH3 is 1. The molecule has 1 aromatic rings. The van der Waals surface area contributed by atoms with Gasteiger partial charge < -0.3 is 9.64 Å². The summed E-state index contributed by atoms with van der Waals surface area (Å²) in [6, 6.07) is 4.08. The minimum atomic E-state index is -0.655. The highest BCUT2D eigenvalue weighted by Gasteiger charge is 2.19. The monoisotopic (exact) mass is 287 g/mol. The highest BCUT2D eigenvalue weighted by Crippen LogP contribution is 2.20. The Bertz CT molecular complexity index is 459. The van der Waals surface area contributed by atoms with Crippen molar-refractivity contribution in [2.75, 3.05) is 20.7 Å². The Hall–Kier alpha value is -1.62. The number of ether oxygens (including phenoxy) is 1. The second-order valence-corrected chi connectivity index (χ2v) is 4.41. The van der Waals surface area contributed by atoms with Gasteiger partial charge in [-0.3, -0.25) is 9.59 Å². The van der Waals surface area contributed by atoms with Gasteiger partial charge in [-0.1, -0.05) is 17.7 Å². The first kappa shape index (κ1) is 15.4. The van der Waals surface area contributed by atoms with E-state index in [1.54, 1.807) is 0 Å². The number of hydrogen-bond acceptors (Lipinski definition) is 3. The summed E-state index contributed by atoms with van der Waals surface area (Å²) in [5.74, 6) is -1.50. The lowest BCUT2D eigenvalue weighted by Gasteiger charge is -2.17. The zero-order valence-electron chi connectivity index (χ0n) is 10.8. The zero-order chi connectivity index (χ0) is 14.4. The smallest absolute Gasteiger partial charge is 0.305 e. The molecule has 1 amide bonds. The van der Waals surface area contributed by atoms with Crippen LogP contribution in [-0.2, 0) is 9.53 Å². The van der Waals surface area contributed by atoms with Crippen LogP contribution in [0.3, 0.4) is 0 Å². The zero-order valence-corrected chi connectivity index (χ0v) is 11.5. The molecule has 0 N–H and O–H groups in total. The van der Waals surface area contributed by atoms with Crippen LogP contribution in [0.4, 0.5) is 4.39 Å². The maximum absolute atomic E-state index is 13.6. The van der Waals surface area contributed by atoms with Crippen molar-refractivity contribution in [1.82, 2.24) is 4.90 Å². The molecule has 1 aromatic carbocycles. The molecule has 0 atom stereocenters. The van der Waals surface area contributed by atoms with E-state index < -0.39 is 11.7 Å². The first-order valence-electron chi connectivity index (χ1n) is 5.73. The summed E-state index contributed by atoms with van der Waals surface area (Å²) in [6.07, 6.45) is 0.653. The van der Waals surface area contributed by atoms with E-state index in [1.165, 1.54) is 37.3 Å². The number of amides is 1. The predicted molar refractivity (Wildman–Crippen MR) is 69.6 cm³/mol. The van der Waals surface area contributed by atoms with Crippen LogP contribution in [0.1, 0.15) is 23.2 Å². The number of benzene rings is 1. The average Bonchev–Trinajstić information content (AvgIpc) is 2.37. The topological polar surface area (TPSA) is 46.6 Å². The van der Waals surface area contributed by atoms with Crippen LogP contribution in [0.25, 0.3) is 0 Å². The van der Waals surface area contributed by atoms with Crippen LogP contribution in [0, 0.1) is 5.82 Å². The average molecular weight is 288 g/mol. The summed E-state index contributed by atoms with van der Waals surface area (Å²) in [5, 5.41) is 0.0739. The number of rotatable bonds is 5. The fraction of sp³-hybridized carbons (Fsp3) is 0.385. The van der Waals surface area contributed by atoms with Crippen molar-refractivity contribution in [2.45, 2.75) is 12.8 Å². The molecular weight excluding hydrogens is 273 g/mol. The normalized spacial score (nSPS) is 10.1. The SMILES string of the molecule is COC(=O)CCCN(C)C(=O)c1c(F)cccc1Cl. The molecule has 0 aliphatic carbocycles. The molecule has 1 rings (SSSR count). The second kappa shape index (κ2) is 7.09. The van der Waals surface area contributed by atoms with Gasteiger partial charge in [-0.05, 0) is 18.6 Å². The molecule has 0 unspecified atom stereocenters. The van der Waals surface area contributed by atoms with Crippen molar-refractivity contribution >= 4 is 23.5 Å². The molecule has 0 saturated heterocycles. The summed E-state index contributed by atoms with van der Waals surface area (Å²) in [7, 11) is 2.83. The number of hydrogen-bond donors (Lipinski definition) is 0. The van der Waals surface area contributed by atoms with E-state index >= 15 is 0 Å². The van der Waals surface area contributed by atoms with Crippen molar-refractivity contribution in [2.24, 2.45) is 0 Å². The molecule has 0 aromatic heterocycles. The number of halogens is 2. The number of nitrogens with zero attached hydrogens (tertiary/aromatic N) is 1. The molecule has 6 heteroatoms. The van der Waals surface area contributed by atoms with Crippen molar-refractivity contribution in [1.29, 1.82) is 0 Å². The van der Waals surface area contributed by atoms with Gasteiger partial charge >= 0.3 is 5.97 Å². The molecule has 4 nitrogen and oxygen atoms in total. The van der Waals surface area contributed by atoms with Gasteiger partial charge in [-0.2, -0.15) is 0 Å². The van der Waals surface area contributed by atoms with Crippen molar-refractivity contribution in [3.05, 3.63) is 34.6 Å². The molecule has 0 saturated carbocycles. The van der Waals surface area contributed by atoms with Gasteiger partial charge in [0, 0.05) is 20.0 Å². The van der Waals surface area contributed by atoms with Gasteiger partial charge in [-0.15, -0.1) is 0 Å². The Morgan fingerprint density at radius 1 is 1.42 bits per heavy atom. The lowest BCUT2D eigenvalue weighted by molar-refractivity contribution is -0.140. The molecule has 0 fully saturated rings. The Morgan fingerprint density at radius 3 is 2.68 bits per heavy atom. The lowest BCUT2D eigenvalue weighted by Crippen LogP contribution is -2.29. The van der Waals surface area contributed by atoms with E-state index in [-0.39, 0.29) is 23.0 Å². The third kappa shape index (κ3) is 4.21. The number of esters is 1. The Labute approximate surface area is 116 Å². The van der Waals surface area contributed by atoms with Gasteiger partial charge in [-0.25, -0.2) is 4.39 Å². The van der Waals surface area contributed by atoms with Crippen LogP contribution in [0.2, 0.25) is 5.02 Å². The maximum atomic E-state index is 13.6. The molecule has 19 heavy (non-hydrogen) atoms. The molecule has 0 spiro atoms. The number of carbonyl (C=O) groups is 2. The highest BCUT2D eigenvalue weighted by molar-refractivity contribution is 6.33. The van der Waals surface area contributed by atoms with Crippen LogP contribution in [0.5, 0.6) is 0 Å². The quantitative estimate of drug-likeness (QED) is 0.782. The van der Waals surface area contributed by atoms with Crippen LogP contribution >= 0.6 is 11.6 Å². The first-order valence-corrected chi connectivity index (χ1v) is 6.11. The lowest BCUT2D eigenvalue weighted by atomic mass is 10.2. The number of carbonyl (C=O) groups excluding carboxylic acids is 2. The van der Waals surface area contributed by atoms with Crippen LogP contribution in [-0.4, -0.2) is 37.5 Å². The fourth-order valence-electron chi connectivity index (χ4n) is 1.56. The predicted octanol–water partition coefficient (Wildman–Crippen LogP) is 2.50. The Kier molecular flexibility index (Phi) is 5.76. The van der Waals surface area contributed by atoms with E-state index in [0.29, 0.717) is 13.0 Å². The van der Waals surface area contributed by atoms with Gasteiger partial charge in [0.25, 0.3) is 5.91 Å². The van der Waals surface area contributed by atoms with E-state index in [0.717, 1.165) is 0 Å². The third-order valence-corrected chi connectivity index (χ3v) is 2.94. The first-order chi connectivity index (χ1) is 8.97. The van der Waals surface area contributed by atoms with Gasteiger partial charge in [0.2, 0.25) is 0 Å². The summed E-state index contributed by atoms with van der Waals surface area (Å²) >= 11 is 5.81. The van der Waals surface area contributed by atoms with E-state index in [4.69, 9.17) is 11.6 Å². The third-order valence-electron chi connectivity index (χ3n) is 2.63. The van der Waals surface area contributed by atoms with E-state index in [1.807, 2.05) is 0 Å². The van der Waals surface area contributed by atoms with E-state index in [9.17, 15) is 14.0 Å². The molecule has 0 heterocycles. The van der Waals surface area contributed by atoms with E-state index in [2.05, 4.69) is 4.74 Å². The molecular formula is C13H15ClFNO3. The molecule has 0 aliphatic heterocycles. The summed E-state index contributed by atoms with van der Waals surface area (Å²) < 4.78 is 18.1. The fourth-order valence-corrected chi connectivity index (χ4v) is 1.80. The van der Waals surface area contributed by atoms with Crippen molar-refractivity contribution < 1.29 is 18.7 Å². The molecule has 0 aliphatic rings. The Balaban J connectivity index is 2.64. The van der Waals surface area contributed by atoms with Crippen molar-refractivity contribution in [3.8, 4) is 0 Å². The molecule has 104 valence electrons. The maximum Gasteiger partial charge on any atom is 0.305 e. The summed E-state index contributed by atoms with van der Waals surface area (Å²) in [5.41, 5.74) is -0.148. The minimum Gasteiger partial charge on any atom is -0.469 e. The molecule has 0 radical (unpaired) electrons. The summed E-state index contributed by atoms with van der Waals surface area (Å²) in [4.78, 5) is 24.3. The minimum absolute atomic E-state index is 0.0739. The van der Waals surface area contributed by atoms with Gasteiger partial charge in [0.15, 0.2) is 0 Å². The van der Waals surface area contributed by atoms with Gasteiger partial charge in [0.05, 0.1) is 17.7 Å². The van der Waals surface area contributed by atoms with Crippen LogP contribution < -0.4 is 0 Å². The standard InChI is InChI=1S/C13H15ClFNO3/c1-16(8-4-7-11(17)19-2)13(18)12-9(14)5-3-6-10(12)15/h3,5-6H,4,7-8H2,1-2H3. The Morgan fingerprint density at radius 2 is 2.11 bits per heavy atom. The largest absolute Gasteiger partial charge is 0.469 e. The molecule has 0 bridgehead atoms. The second-order valence-electron chi connectivity index (χ2n) is 4.00. The van der Waals surface area contributed by atoms with Crippen LogP contribution in [0.15, 0.2) is 18.2 Å². The van der Waals surface area contributed by atoms with Gasteiger partial charge in [0.1, 0.15) is 5.82 Å². The highest BCUT2D eigenvalue weighted by atomic mass is 35.5. The van der Waals surface area contributed by atoms with Crippen molar-refractivity contribution in [3.63, 3.8) is 0 Å². The summed E-state index contributed by atoms with van der Waals surface area (Å²) in [6.45, 7) is 0.318.